The molecule has 2 aromatic rings. The number of aromatic nitrogens is 1. The summed E-state index contributed by atoms with van der Waals surface area (Å²) in [4.78, 5) is 32.2. The predicted octanol–water partition coefficient (Wildman–Crippen LogP) is 3.19. The lowest BCUT2D eigenvalue weighted by Gasteiger charge is -2.32. The summed E-state index contributed by atoms with van der Waals surface area (Å²) >= 11 is 12.2. The smallest absolute Gasteiger partial charge is 0.243 e. The molecule has 2 heterocycles. The van der Waals surface area contributed by atoms with Gasteiger partial charge in [0.2, 0.25) is 11.8 Å². The molecule has 0 spiro atoms. The molecule has 0 aliphatic carbocycles. The molecule has 0 radical (unpaired) electrons. The third kappa shape index (κ3) is 6.82. The average molecular weight is 478 g/mol. The highest BCUT2D eigenvalue weighted by Gasteiger charge is 2.27. The second kappa shape index (κ2) is 11.5. The number of amides is 2. The molecule has 1 saturated heterocycles. The number of halogens is 2. The van der Waals surface area contributed by atoms with Crippen LogP contribution in [0.2, 0.25) is 10.0 Å². The van der Waals surface area contributed by atoms with E-state index >= 15 is 0 Å². The molecule has 2 atom stereocenters. The average Bonchev–Trinajstić information content (AvgIpc) is 2.80. The van der Waals surface area contributed by atoms with E-state index in [9.17, 15) is 9.59 Å². The topological polar surface area (TPSA) is 100 Å². The van der Waals surface area contributed by atoms with Crippen LogP contribution in [0.25, 0.3) is 0 Å². The molecule has 7 nitrogen and oxygen atoms in total. The minimum atomic E-state index is -0.756. The normalized spacial score (nSPS) is 16.2. The van der Waals surface area contributed by atoms with Gasteiger partial charge in [0.15, 0.2) is 0 Å². The van der Waals surface area contributed by atoms with Gasteiger partial charge in [0.25, 0.3) is 0 Å². The summed E-state index contributed by atoms with van der Waals surface area (Å²) in [6.07, 6.45) is 5.26. The Morgan fingerprint density at radius 2 is 1.78 bits per heavy atom. The molecule has 0 bridgehead atoms. The van der Waals surface area contributed by atoms with E-state index in [1.165, 1.54) is 6.42 Å². The summed E-state index contributed by atoms with van der Waals surface area (Å²) in [6.45, 7) is 3.95. The standard InChI is InChI=1S/C23H29Cl2N5O2/c1-15(30-9-3-2-4-10-30)22(31)29-20(12-16-5-7-18(24)19(25)11-16)23(32)28-14-17-6-8-21(26)27-13-17/h5-8,11,13,15,20H,2-4,9-10,12,14H2,1H3,(H2,26,27)(H,28,32)(H,29,31)/t15-,20-/m0/s1. The summed E-state index contributed by atoms with van der Waals surface area (Å²) in [5.41, 5.74) is 7.23. The second-order valence-electron chi connectivity index (χ2n) is 8.10. The number of nitrogens with zero attached hydrogens (tertiary/aromatic N) is 2. The van der Waals surface area contributed by atoms with Crippen LogP contribution in [0.15, 0.2) is 36.5 Å². The zero-order valence-electron chi connectivity index (χ0n) is 18.1. The highest BCUT2D eigenvalue weighted by molar-refractivity contribution is 6.42. The van der Waals surface area contributed by atoms with Gasteiger partial charge in [-0.3, -0.25) is 14.5 Å². The Labute approximate surface area is 198 Å². The Morgan fingerprint density at radius 3 is 2.44 bits per heavy atom. The van der Waals surface area contributed by atoms with Crippen molar-refractivity contribution < 1.29 is 9.59 Å². The fourth-order valence-electron chi connectivity index (χ4n) is 3.73. The van der Waals surface area contributed by atoms with Gasteiger partial charge in [0.1, 0.15) is 11.9 Å². The first-order chi connectivity index (χ1) is 15.3. The zero-order valence-corrected chi connectivity index (χ0v) is 19.6. The fourth-order valence-corrected chi connectivity index (χ4v) is 4.05. The number of benzene rings is 1. The third-order valence-corrected chi connectivity index (χ3v) is 6.43. The number of hydrogen-bond acceptors (Lipinski definition) is 5. The lowest BCUT2D eigenvalue weighted by Crippen LogP contribution is -2.54. The van der Waals surface area contributed by atoms with Gasteiger partial charge < -0.3 is 16.4 Å². The molecule has 0 saturated carbocycles. The Bertz CT molecular complexity index is 932. The summed E-state index contributed by atoms with van der Waals surface area (Å²) in [5, 5.41) is 6.67. The Kier molecular flexibility index (Phi) is 8.73. The molecule has 1 fully saturated rings. The van der Waals surface area contributed by atoms with Crippen molar-refractivity contribution in [3.05, 3.63) is 57.7 Å². The van der Waals surface area contributed by atoms with Crippen LogP contribution in [0, 0.1) is 0 Å². The number of pyridine rings is 1. The summed E-state index contributed by atoms with van der Waals surface area (Å²) in [5.74, 6) is -0.0371. The maximum Gasteiger partial charge on any atom is 0.243 e. The van der Waals surface area contributed by atoms with Crippen LogP contribution in [0.3, 0.4) is 0 Å². The van der Waals surface area contributed by atoms with Gasteiger partial charge in [0.05, 0.1) is 16.1 Å². The summed E-state index contributed by atoms with van der Waals surface area (Å²) < 4.78 is 0. The number of nitrogen functional groups attached to an aromatic ring is 1. The van der Waals surface area contributed by atoms with Crippen molar-refractivity contribution in [3.8, 4) is 0 Å². The minimum absolute atomic E-state index is 0.165. The van der Waals surface area contributed by atoms with Crippen molar-refractivity contribution in [1.82, 2.24) is 20.5 Å². The van der Waals surface area contributed by atoms with E-state index < -0.39 is 6.04 Å². The van der Waals surface area contributed by atoms with E-state index in [4.69, 9.17) is 28.9 Å². The van der Waals surface area contributed by atoms with Gasteiger partial charge in [-0.25, -0.2) is 4.98 Å². The quantitative estimate of drug-likeness (QED) is 0.541. The van der Waals surface area contributed by atoms with Crippen LogP contribution in [0.5, 0.6) is 0 Å². The van der Waals surface area contributed by atoms with Crippen molar-refractivity contribution in [1.29, 1.82) is 0 Å². The molecule has 9 heteroatoms. The molecular weight excluding hydrogens is 449 g/mol. The molecule has 1 aromatic carbocycles. The van der Waals surface area contributed by atoms with Crippen molar-refractivity contribution in [2.45, 2.75) is 51.2 Å². The SMILES string of the molecule is C[C@@H](C(=O)N[C@@H](Cc1ccc(Cl)c(Cl)c1)C(=O)NCc1ccc(N)nc1)N1CCCCC1. The monoisotopic (exact) mass is 477 g/mol. The number of nitrogens with one attached hydrogen (secondary N) is 2. The van der Waals surface area contributed by atoms with E-state index in [-0.39, 0.29) is 24.4 Å². The number of carbonyl (C=O) groups excluding carboxylic acids is 2. The molecule has 172 valence electrons. The fraction of sp³-hybridized carbons (Fsp3) is 0.435. The van der Waals surface area contributed by atoms with Gasteiger partial charge in [-0.05, 0) is 62.2 Å². The van der Waals surface area contributed by atoms with E-state index in [0.29, 0.717) is 22.3 Å². The van der Waals surface area contributed by atoms with E-state index in [1.807, 2.05) is 6.92 Å². The zero-order chi connectivity index (χ0) is 23.1. The van der Waals surface area contributed by atoms with Gasteiger partial charge in [-0.15, -0.1) is 0 Å². The molecule has 0 unspecified atom stereocenters. The first kappa shape index (κ1) is 24.3. The summed E-state index contributed by atoms with van der Waals surface area (Å²) in [7, 11) is 0. The van der Waals surface area contributed by atoms with Gasteiger partial charge in [0, 0.05) is 19.2 Å². The molecule has 2 amide bonds. The van der Waals surface area contributed by atoms with Crippen LogP contribution in [0.4, 0.5) is 5.82 Å². The lowest BCUT2D eigenvalue weighted by molar-refractivity contribution is -0.132. The first-order valence-electron chi connectivity index (χ1n) is 10.8. The van der Waals surface area contributed by atoms with Crippen molar-refractivity contribution in [2.75, 3.05) is 18.8 Å². The van der Waals surface area contributed by atoms with E-state index in [2.05, 4.69) is 20.5 Å². The Morgan fingerprint density at radius 1 is 1.06 bits per heavy atom. The summed E-state index contributed by atoms with van der Waals surface area (Å²) in [6, 6.07) is 7.62. The number of hydrogen-bond donors (Lipinski definition) is 3. The number of rotatable bonds is 8. The number of nitrogens with two attached hydrogens (primary N) is 1. The lowest BCUT2D eigenvalue weighted by atomic mass is 10.0. The van der Waals surface area contributed by atoms with Crippen LogP contribution in [-0.2, 0) is 22.6 Å². The second-order valence-corrected chi connectivity index (χ2v) is 8.91. The molecule has 1 aromatic heterocycles. The number of anilines is 1. The first-order valence-corrected chi connectivity index (χ1v) is 11.6. The maximum absolute atomic E-state index is 13.0. The van der Waals surface area contributed by atoms with Crippen molar-refractivity contribution in [2.24, 2.45) is 0 Å². The van der Waals surface area contributed by atoms with Gasteiger partial charge >= 0.3 is 0 Å². The van der Waals surface area contributed by atoms with Crippen LogP contribution >= 0.6 is 23.2 Å². The van der Waals surface area contributed by atoms with Crippen LogP contribution in [0.1, 0.15) is 37.3 Å². The van der Waals surface area contributed by atoms with Crippen LogP contribution in [-0.4, -0.2) is 46.9 Å². The van der Waals surface area contributed by atoms with Crippen LogP contribution < -0.4 is 16.4 Å². The highest BCUT2D eigenvalue weighted by Crippen LogP contribution is 2.23. The largest absolute Gasteiger partial charge is 0.384 e. The third-order valence-electron chi connectivity index (χ3n) is 5.69. The Balaban J connectivity index is 1.70. The number of carbonyl (C=O) groups is 2. The van der Waals surface area contributed by atoms with E-state index in [0.717, 1.165) is 37.1 Å². The highest BCUT2D eigenvalue weighted by atomic mass is 35.5. The molecule has 1 aliphatic heterocycles. The molecular formula is C23H29Cl2N5O2. The van der Waals surface area contributed by atoms with Gasteiger partial charge in [-0.1, -0.05) is 41.8 Å². The van der Waals surface area contributed by atoms with Gasteiger partial charge in [-0.2, -0.15) is 0 Å². The number of likely N-dealkylation sites (tertiary alicyclic amines) is 1. The predicted molar refractivity (Wildman–Crippen MR) is 127 cm³/mol. The molecule has 4 N–H and O–H groups in total. The molecule has 3 rings (SSSR count). The number of piperidine rings is 1. The maximum atomic E-state index is 13.0. The molecule has 32 heavy (non-hydrogen) atoms. The van der Waals surface area contributed by atoms with Crippen molar-refractivity contribution in [3.63, 3.8) is 0 Å². The van der Waals surface area contributed by atoms with Crippen molar-refractivity contribution >= 4 is 40.8 Å². The van der Waals surface area contributed by atoms with E-state index in [1.54, 1.807) is 36.5 Å². The minimum Gasteiger partial charge on any atom is -0.384 e. The molecule has 1 aliphatic rings. The Hall–Kier alpha value is -2.35.